The number of halogens is 3. The third-order valence-corrected chi connectivity index (χ3v) is 6.11. The van der Waals surface area contributed by atoms with E-state index < -0.39 is 21.7 Å². The first kappa shape index (κ1) is 22.4. The summed E-state index contributed by atoms with van der Waals surface area (Å²) in [7, 11) is -5.72. The number of ether oxygens (including phenoxy) is 1. The number of hydrogen-bond donors (Lipinski definition) is 0. The molecule has 0 spiro atoms. The van der Waals surface area contributed by atoms with Crippen LogP contribution in [-0.2, 0) is 25.5 Å². The Balaban J connectivity index is 1.84. The molecule has 2 aromatic carbocycles. The summed E-state index contributed by atoms with van der Waals surface area (Å²) in [5.74, 6) is -0.267. The quantitative estimate of drug-likeness (QED) is 0.329. The molecule has 3 rings (SSSR count). The Kier molecular flexibility index (Phi) is 6.88. The van der Waals surface area contributed by atoms with Gasteiger partial charge in [-0.25, -0.2) is 0 Å². The van der Waals surface area contributed by atoms with Crippen molar-refractivity contribution in [3.05, 3.63) is 83.1 Å². The normalized spacial score (nSPS) is 21.9. The standard InChI is InChI=1S/C22H23F3O4S/c1-16(29-30(26,27)22(23,24)25)19-13-15-20(18-10-6-3-7-11-18)28-21(19)14-12-17-8-4-2-5-9-17/h2-11,20-21H,12-15H2,1H3/b19-16+/t20-,21-/m0/s1. The highest BCUT2D eigenvalue weighted by Gasteiger charge is 2.49. The largest absolute Gasteiger partial charge is 0.534 e. The summed E-state index contributed by atoms with van der Waals surface area (Å²) in [6.07, 6.45) is 1.27. The van der Waals surface area contributed by atoms with Crippen LogP contribution in [0, 0.1) is 0 Å². The van der Waals surface area contributed by atoms with E-state index in [4.69, 9.17) is 4.74 Å². The topological polar surface area (TPSA) is 52.6 Å². The monoisotopic (exact) mass is 440 g/mol. The van der Waals surface area contributed by atoms with Crippen LogP contribution in [-0.4, -0.2) is 20.0 Å². The summed E-state index contributed by atoms with van der Waals surface area (Å²) in [5, 5.41) is 0. The van der Waals surface area contributed by atoms with E-state index in [1.165, 1.54) is 6.92 Å². The van der Waals surface area contributed by atoms with Crippen LogP contribution in [0.2, 0.25) is 0 Å². The fourth-order valence-electron chi connectivity index (χ4n) is 3.56. The van der Waals surface area contributed by atoms with Crippen LogP contribution in [0.1, 0.15) is 43.4 Å². The molecular formula is C22H23F3O4S. The van der Waals surface area contributed by atoms with Crippen molar-refractivity contribution in [2.24, 2.45) is 0 Å². The molecule has 0 bridgehead atoms. The van der Waals surface area contributed by atoms with E-state index >= 15 is 0 Å². The van der Waals surface area contributed by atoms with Crippen LogP contribution in [0.4, 0.5) is 13.2 Å². The van der Waals surface area contributed by atoms with Crippen molar-refractivity contribution < 1.29 is 30.5 Å². The summed E-state index contributed by atoms with van der Waals surface area (Å²) >= 11 is 0. The number of benzene rings is 2. The minimum Gasteiger partial charge on any atom is -0.381 e. The molecule has 1 aliphatic heterocycles. The zero-order valence-corrected chi connectivity index (χ0v) is 17.2. The first-order valence-electron chi connectivity index (χ1n) is 9.62. The second-order valence-corrected chi connectivity index (χ2v) is 8.69. The van der Waals surface area contributed by atoms with Crippen LogP contribution in [0.3, 0.4) is 0 Å². The fourth-order valence-corrected chi connectivity index (χ4v) is 4.09. The molecule has 2 aromatic rings. The molecule has 2 atom stereocenters. The predicted molar refractivity (Wildman–Crippen MR) is 107 cm³/mol. The summed E-state index contributed by atoms with van der Waals surface area (Å²) in [6.45, 7) is 1.25. The van der Waals surface area contributed by atoms with Gasteiger partial charge in [-0.2, -0.15) is 21.6 Å². The van der Waals surface area contributed by atoms with Crippen molar-refractivity contribution >= 4 is 10.1 Å². The molecule has 8 heteroatoms. The van der Waals surface area contributed by atoms with Crippen LogP contribution in [0.15, 0.2) is 72.0 Å². The van der Waals surface area contributed by atoms with Gasteiger partial charge in [-0.05, 0) is 49.3 Å². The molecule has 0 saturated carbocycles. The Hall–Kier alpha value is -2.32. The molecule has 1 heterocycles. The van der Waals surface area contributed by atoms with E-state index in [0.29, 0.717) is 31.3 Å². The molecule has 0 unspecified atom stereocenters. The van der Waals surface area contributed by atoms with Gasteiger partial charge in [0.25, 0.3) is 0 Å². The lowest BCUT2D eigenvalue weighted by Crippen LogP contribution is -2.29. The Morgan fingerprint density at radius 2 is 1.67 bits per heavy atom. The number of allylic oxidation sites excluding steroid dienone is 1. The smallest absolute Gasteiger partial charge is 0.381 e. The number of rotatable bonds is 6. The SMILES string of the molecule is C/C(OS(=O)(=O)C(F)(F)F)=C1/CC[C@@H](c2ccccc2)O[C@H]1CCc1ccccc1. The maximum atomic E-state index is 12.7. The molecular weight excluding hydrogens is 417 g/mol. The van der Waals surface area contributed by atoms with Crippen LogP contribution in [0.5, 0.6) is 0 Å². The van der Waals surface area contributed by atoms with E-state index in [1.54, 1.807) is 0 Å². The van der Waals surface area contributed by atoms with E-state index in [2.05, 4.69) is 4.18 Å². The Morgan fingerprint density at radius 1 is 1.07 bits per heavy atom. The van der Waals surface area contributed by atoms with Gasteiger partial charge in [0.2, 0.25) is 0 Å². The van der Waals surface area contributed by atoms with Gasteiger partial charge in [0, 0.05) is 0 Å². The van der Waals surface area contributed by atoms with Crippen molar-refractivity contribution in [1.82, 2.24) is 0 Å². The molecule has 1 saturated heterocycles. The molecule has 30 heavy (non-hydrogen) atoms. The van der Waals surface area contributed by atoms with Crippen molar-refractivity contribution in [3.63, 3.8) is 0 Å². The summed E-state index contributed by atoms with van der Waals surface area (Å²) in [4.78, 5) is 0. The molecule has 1 fully saturated rings. The van der Waals surface area contributed by atoms with Crippen molar-refractivity contribution in [2.45, 2.75) is 50.3 Å². The van der Waals surface area contributed by atoms with E-state index in [9.17, 15) is 21.6 Å². The van der Waals surface area contributed by atoms with Crippen LogP contribution >= 0.6 is 0 Å². The zero-order valence-electron chi connectivity index (χ0n) is 16.4. The summed E-state index contributed by atoms with van der Waals surface area (Å²) in [6, 6.07) is 19.2. The molecule has 162 valence electrons. The highest BCUT2D eigenvalue weighted by molar-refractivity contribution is 7.87. The highest BCUT2D eigenvalue weighted by atomic mass is 32.2. The molecule has 0 aromatic heterocycles. The van der Waals surface area contributed by atoms with Gasteiger partial charge in [-0.15, -0.1) is 0 Å². The molecule has 0 amide bonds. The van der Waals surface area contributed by atoms with Crippen LogP contribution < -0.4 is 0 Å². The molecule has 4 nitrogen and oxygen atoms in total. The van der Waals surface area contributed by atoms with Crippen molar-refractivity contribution in [1.29, 1.82) is 0 Å². The summed E-state index contributed by atoms with van der Waals surface area (Å²) in [5.41, 5.74) is -2.99. The number of hydrogen-bond acceptors (Lipinski definition) is 4. The van der Waals surface area contributed by atoms with E-state index in [-0.39, 0.29) is 11.9 Å². The van der Waals surface area contributed by atoms with Crippen molar-refractivity contribution in [3.8, 4) is 0 Å². The lowest BCUT2D eigenvalue weighted by Gasteiger charge is -2.33. The first-order chi connectivity index (χ1) is 14.2. The second kappa shape index (κ2) is 9.22. The third-order valence-electron chi connectivity index (χ3n) is 5.07. The van der Waals surface area contributed by atoms with E-state index in [1.807, 2.05) is 60.7 Å². The first-order valence-corrected chi connectivity index (χ1v) is 11.0. The van der Waals surface area contributed by atoms with Gasteiger partial charge >= 0.3 is 15.6 Å². The van der Waals surface area contributed by atoms with Gasteiger partial charge in [0.15, 0.2) is 0 Å². The Labute approximate surface area is 174 Å². The van der Waals surface area contributed by atoms with Gasteiger partial charge in [-0.3, -0.25) is 0 Å². The Bertz CT molecular complexity index is 970. The predicted octanol–water partition coefficient (Wildman–Crippen LogP) is 5.68. The molecule has 0 N–H and O–H groups in total. The molecule has 1 aliphatic rings. The lowest BCUT2D eigenvalue weighted by molar-refractivity contribution is -0.0531. The van der Waals surface area contributed by atoms with E-state index in [0.717, 1.165) is 11.1 Å². The number of aryl methyl sites for hydroxylation is 1. The minimum atomic E-state index is -5.72. The van der Waals surface area contributed by atoms with Gasteiger partial charge in [0.05, 0.1) is 12.2 Å². The minimum absolute atomic E-state index is 0.220. The average molecular weight is 440 g/mol. The fraction of sp³-hybridized carbons (Fsp3) is 0.364. The number of alkyl halides is 3. The van der Waals surface area contributed by atoms with Gasteiger partial charge < -0.3 is 8.92 Å². The molecule has 0 radical (unpaired) electrons. The Morgan fingerprint density at radius 3 is 2.27 bits per heavy atom. The second-order valence-electron chi connectivity index (χ2n) is 7.15. The maximum Gasteiger partial charge on any atom is 0.534 e. The highest BCUT2D eigenvalue weighted by Crippen LogP contribution is 2.38. The molecule has 0 aliphatic carbocycles. The summed E-state index contributed by atoms with van der Waals surface area (Å²) < 4.78 is 71.8. The van der Waals surface area contributed by atoms with Crippen LogP contribution in [0.25, 0.3) is 0 Å². The van der Waals surface area contributed by atoms with Gasteiger partial charge in [0.1, 0.15) is 5.76 Å². The lowest BCUT2D eigenvalue weighted by atomic mass is 9.90. The average Bonchev–Trinajstić information content (AvgIpc) is 2.72. The van der Waals surface area contributed by atoms with Crippen molar-refractivity contribution in [2.75, 3.05) is 0 Å². The maximum absolute atomic E-state index is 12.7. The zero-order chi connectivity index (χ0) is 21.8. The van der Waals surface area contributed by atoms with Gasteiger partial charge in [-0.1, -0.05) is 60.7 Å². The third kappa shape index (κ3) is 5.43.